The third kappa shape index (κ3) is 3.19. The molecule has 1 aliphatic heterocycles. The summed E-state index contributed by atoms with van der Waals surface area (Å²) in [6.45, 7) is 2.70. The predicted octanol–water partition coefficient (Wildman–Crippen LogP) is 2.21. The van der Waals surface area contributed by atoms with Crippen LogP contribution in [0.15, 0.2) is 0 Å². The first-order valence-electron chi connectivity index (χ1n) is 7.43. The molecular weight excluding hydrogens is 244 g/mol. The molecule has 2 fully saturated rings. The highest BCUT2D eigenvalue weighted by Crippen LogP contribution is 2.36. The molecule has 2 unspecified atom stereocenters. The highest BCUT2D eigenvalue weighted by atomic mass is 16.4. The van der Waals surface area contributed by atoms with E-state index in [1.807, 2.05) is 11.8 Å². The largest absolute Gasteiger partial charge is 0.480 e. The van der Waals surface area contributed by atoms with Gasteiger partial charge in [-0.05, 0) is 38.0 Å². The number of carbonyl (C=O) groups excluding carboxylic acids is 1. The van der Waals surface area contributed by atoms with E-state index in [9.17, 15) is 9.59 Å². The second kappa shape index (κ2) is 6.26. The summed E-state index contributed by atoms with van der Waals surface area (Å²) in [7, 11) is 0. The number of nitrogens with zero attached hydrogens (tertiary/aromatic N) is 1. The van der Waals surface area contributed by atoms with Crippen LogP contribution in [0, 0.1) is 5.92 Å². The number of hydrogen-bond acceptors (Lipinski definition) is 2. The van der Waals surface area contributed by atoms with E-state index >= 15 is 0 Å². The highest BCUT2D eigenvalue weighted by molar-refractivity contribution is 5.82. The van der Waals surface area contributed by atoms with E-state index in [0.717, 1.165) is 25.8 Å². The maximum atomic E-state index is 12.3. The molecule has 2 N–H and O–H groups in total. The van der Waals surface area contributed by atoms with Crippen LogP contribution in [0.2, 0.25) is 0 Å². The molecule has 0 radical (unpaired) electrons. The summed E-state index contributed by atoms with van der Waals surface area (Å²) in [5.41, 5.74) is 0. The SMILES string of the molecule is CCC[C@@H](NC(=O)N1CCCC2CCCC21)C(=O)O. The van der Waals surface area contributed by atoms with Crippen molar-refractivity contribution in [3.63, 3.8) is 0 Å². The summed E-state index contributed by atoms with van der Waals surface area (Å²) in [6, 6.07) is -0.596. The quantitative estimate of drug-likeness (QED) is 0.821. The van der Waals surface area contributed by atoms with Crippen LogP contribution in [0.25, 0.3) is 0 Å². The molecule has 2 aliphatic rings. The second-order valence-electron chi connectivity index (χ2n) is 5.72. The van der Waals surface area contributed by atoms with Crippen LogP contribution in [0.4, 0.5) is 4.79 Å². The Labute approximate surface area is 114 Å². The molecule has 0 spiro atoms. The zero-order valence-corrected chi connectivity index (χ0v) is 11.6. The Bertz CT molecular complexity index is 346. The zero-order valence-electron chi connectivity index (χ0n) is 11.6. The van der Waals surface area contributed by atoms with Gasteiger partial charge < -0.3 is 15.3 Å². The van der Waals surface area contributed by atoms with Crippen LogP contribution >= 0.6 is 0 Å². The Kier molecular flexibility index (Phi) is 4.66. The van der Waals surface area contributed by atoms with Gasteiger partial charge in [-0.3, -0.25) is 0 Å². The fraction of sp³-hybridized carbons (Fsp3) is 0.857. The first-order valence-corrected chi connectivity index (χ1v) is 7.43. The molecule has 1 saturated heterocycles. The highest BCUT2D eigenvalue weighted by Gasteiger charge is 2.38. The van der Waals surface area contributed by atoms with Crippen molar-refractivity contribution in [2.24, 2.45) is 5.92 Å². The van der Waals surface area contributed by atoms with E-state index in [1.54, 1.807) is 0 Å². The summed E-state index contributed by atoms with van der Waals surface area (Å²) in [5, 5.41) is 11.8. The van der Waals surface area contributed by atoms with E-state index in [0.29, 0.717) is 18.4 Å². The number of carbonyl (C=O) groups is 2. The lowest BCUT2D eigenvalue weighted by Crippen LogP contribution is -2.54. The van der Waals surface area contributed by atoms with E-state index in [4.69, 9.17) is 5.11 Å². The fourth-order valence-electron chi connectivity index (χ4n) is 3.48. The molecule has 0 bridgehead atoms. The summed E-state index contributed by atoms with van der Waals surface area (Å²) in [6.07, 6.45) is 6.98. The topological polar surface area (TPSA) is 69.6 Å². The van der Waals surface area contributed by atoms with E-state index < -0.39 is 12.0 Å². The maximum Gasteiger partial charge on any atom is 0.326 e. The lowest BCUT2D eigenvalue weighted by Gasteiger charge is -2.38. The minimum absolute atomic E-state index is 0.183. The van der Waals surface area contributed by atoms with Crippen molar-refractivity contribution in [2.75, 3.05) is 6.54 Å². The first-order chi connectivity index (χ1) is 9.13. The van der Waals surface area contributed by atoms with Gasteiger partial charge >= 0.3 is 12.0 Å². The average molecular weight is 268 g/mol. The molecule has 0 aromatic heterocycles. The standard InChI is InChI=1S/C14H24N2O3/c1-2-5-11(13(17)18)15-14(19)16-9-4-7-10-6-3-8-12(10)16/h10-12H,2-9H2,1H3,(H,15,19)(H,17,18)/t10?,11-,12?/m1/s1. The van der Waals surface area contributed by atoms with Crippen LogP contribution in [-0.2, 0) is 4.79 Å². The van der Waals surface area contributed by atoms with Crippen LogP contribution < -0.4 is 5.32 Å². The zero-order chi connectivity index (χ0) is 13.8. The minimum Gasteiger partial charge on any atom is -0.480 e. The summed E-state index contributed by atoms with van der Waals surface area (Å²) in [4.78, 5) is 25.3. The molecule has 1 saturated carbocycles. The average Bonchev–Trinajstić information content (AvgIpc) is 2.85. The molecule has 5 heteroatoms. The van der Waals surface area contributed by atoms with Crippen molar-refractivity contribution in [3.05, 3.63) is 0 Å². The number of aliphatic carboxylic acids is 1. The summed E-state index contributed by atoms with van der Waals surface area (Å²) >= 11 is 0. The summed E-state index contributed by atoms with van der Waals surface area (Å²) < 4.78 is 0. The summed E-state index contributed by atoms with van der Waals surface area (Å²) in [5.74, 6) is -0.302. The van der Waals surface area contributed by atoms with Crippen molar-refractivity contribution >= 4 is 12.0 Å². The van der Waals surface area contributed by atoms with Gasteiger partial charge in [0, 0.05) is 12.6 Å². The lowest BCUT2D eigenvalue weighted by atomic mass is 9.92. The van der Waals surface area contributed by atoms with Crippen molar-refractivity contribution in [1.29, 1.82) is 0 Å². The second-order valence-corrected chi connectivity index (χ2v) is 5.72. The van der Waals surface area contributed by atoms with Crippen LogP contribution in [-0.4, -0.2) is 40.6 Å². The van der Waals surface area contributed by atoms with Gasteiger partial charge in [-0.25, -0.2) is 9.59 Å². The Morgan fingerprint density at radius 3 is 2.74 bits per heavy atom. The molecule has 3 atom stereocenters. The van der Waals surface area contributed by atoms with E-state index in [1.165, 1.54) is 19.3 Å². The number of urea groups is 1. The monoisotopic (exact) mass is 268 g/mol. The molecule has 1 heterocycles. The molecular formula is C14H24N2O3. The number of nitrogens with one attached hydrogen (secondary N) is 1. The fourth-order valence-corrected chi connectivity index (χ4v) is 3.48. The number of carboxylic acid groups (broad SMARTS) is 1. The van der Waals surface area contributed by atoms with Crippen LogP contribution in [0.5, 0.6) is 0 Å². The van der Waals surface area contributed by atoms with Gasteiger partial charge in [-0.1, -0.05) is 19.8 Å². The van der Waals surface area contributed by atoms with Gasteiger partial charge in [0.15, 0.2) is 0 Å². The Hall–Kier alpha value is -1.26. The van der Waals surface area contributed by atoms with Gasteiger partial charge in [0.25, 0.3) is 0 Å². The maximum absolute atomic E-state index is 12.3. The lowest BCUT2D eigenvalue weighted by molar-refractivity contribution is -0.139. The molecule has 108 valence electrons. The van der Waals surface area contributed by atoms with Crippen LogP contribution in [0.3, 0.4) is 0 Å². The predicted molar refractivity (Wildman–Crippen MR) is 71.9 cm³/mol. The molecule has 2 amide bonds. The van der Waals surface area contributed by atoms with Crippen molar-refractivity contribution in [2.45, 2.75) is 64.0 Å². The molecule has 19 heavy (non-hydrogen) atoms. The van der Waals surface area contributed by atoms with Crippen LogP contribution in [0.1, 0.15) is 51.9 Å². The van der Waals surface area contributed by atoms with Gasteiger partial charge in [-0.15, -0.1) is 0 Å². The number of likely N-dealkylation sites (tertiary alicyclic amines) is 1. The number of amides is 2. The van der Waals surface area contributed by atoms with Crippen molar-refractivity contribution < 1.29 is 14.7 Å². The number of carboxylic acids is 1. The molecule has 0 aromatic carbocycles. The molecule has 0 aromatic rings. The Morgan fingerprint density at radius 1 is 1.32 bits per heavy atom. The Balaban J connectivity index is 1.96. The number of fused-ring (bicyclic) bond motifs is 1. The number of hydrogen-bond donors (Lipinski definition) is 2. The molecule has 2 rings (SSSR count). The molecule has 5 nitrogen and oxygen atoms in total. The van der Waals surface area contributed by atoms with Crippen molar-refractivity contribution in [1.82, 2.24) is 10.2 Å². The Morgan fingerprint density at radius 2 is 2.05 bits per heavy atom. The number of rotatable bonds is 4. The van der Waals surface area contributed by atoms with Gasteiger partial charge in [0.2, 0.25) is 0 Å². The first kappa shape index (κ1) is 14.2. The number of piperidine rings is 1. The van der Waals surface area contributed by atoms with Gasteiger partial charge in [0.1, 0.15) is 6.04 Å². The minimum atomic E-state index is -0.935. The van der Waals surface area contributed by atoms with E-state index in [-0.39, 0.29) is 6.03 Å². The third-order valence-electron chi connectivity index (χ3n) is 4.43. The van der Waals surface area contributed by atoms with Gasteiger partial charge in [-0.2, -0.15) is 0 Å². The van der Waals surface area contributed by atoms with Crippen molar-refractivity contribution in [3.8, 4) is 0 Å². The third-order valence-corrected chi connectivity index (χ3v) is 4.43. The molecule has 1 aliphatic carbocycles. The normalized spacial score (nSPS) is 27.7. The smallest absolute Gasteiger partial charge is 0.326 e. The van der Waals surface area contributed by atoms with E-state index in [2.05, 4.69) is 5.32 Å². The van der Waals surface area contributed by atoms with Gasteiger partial charge in [0.05, 0.1) is 0 Å².